The molecule has 1 heterocycles. The summed E-state index contributed by atoms with van der Waals surface area (Å²) in [4.78, 5) is 12.7. The molecule has 8 heteroatoms. The van der Waals surface area contributed by atoms with Crippen molar-refractivity contribution < 1.29 is 18.3 Å². The Labute approximate surface area is 173 Å². The largest absolute Gasteiger partial charge is 0.396 e. The highest BCUT2D eigenvalue weighted by Gasteiger charge is 2.34. The summed E-state index contributed by atoms with van der Waals surface area (Å²) in [7, 11) is 2.01. The molecule has 1 aliphatic heterocycles. The number of carbonyl (C=O) groups is 1. The molecule has 2 aromatic rings. The van der Waals surface area contributed by atoms with Crippen molar-refractivity contribution in [3.8, 4) is 0 Å². The molecule has 0 bridgehead atoms. The predicted molar refractivity (Wildman–Crippen MR) is 114 cm³/mol. The Morgan fingerprint density at radius 3 is 2.69 bits per heavy atom. The van der Waals surface area contributed by atoms with Gasteiger partial charge >= 0.3 is 0 Å². The van der Waals surface area contributed by atoms with Crippen molar-refractivity contribution in [1.82, 2.24) is 4.31 Å². The van der Waals surface area contributed by atoms with E-state index >= 15 is 0 Å². The molecule has 1 amide bonds. The van der Waals surface area contributed by atoms with Crippen molar-refractivity contribution in [2.24, 2.45) is 5.92 Å². The number of carbonyl (C=O) groups excluding carboxylic acids is 1. The lowest BCUT2D eigenvalue weighted by atomic mass is 9.91. The Kier molecular flexibility index (Phi) is 6.77. The Morgan fingerprint density at radius 1 is 1.24 bits per heavy atom. The van der Waals surface area contributed by atoms with Crippen molar-refractivity contribution in [1.29, 1.82) is 0 Å². The fourth-order valence-electron chi connectivity index (χ4n) is 3.80. The molecule has 29 heavy (non-hydrogen) atoms. The predicted octanol–water partition coefficient (Wildman–Crippen LogP) is 1.90. The van der Waals surface area contributed by atoms with Crippen LogP contribution in [0.15, 0.2) is 53.4 Å². The summed E-state index contributed by atoms with van der Waals surface area (Å²) in [6.45, 7) is 2.42. The number of nitrogens with one attached hydrogen (secondary N) is 1. The van der Waals surface area contributed by atoms with Gasteiger partial charge in [0.15, 0.2) is 0 Å². The average molecular weight is 412 g/mol. The molecule has 2 atom stereocenters. The third kappa shape index (κ3) is 5.07. The molecule has 0 saturated carbocycles. The molecule has 2 N–H and O–H groups in total. The molecule has 2 unspecified atom stereocenters. The lowest BCUT2D eigenvalue weighted by Gasteiger charge is -2.36. The normalized spacial score (nSPS) is 20.3. The van der Waals surface area contributed by atoms with Gasteiger partial charge in [-0.25, -0.2) is 8.42 Å². The van der Waals surface area contributed by atoms with Gasteiger partial charge < -0.3 is 10.4 Å². The Hall–Kier alpha value is -2.16. The van der Waals surface area contributed by atoms with Gasteiger partial charge in [0.2, 0.25) is 10.0 Å². The number of anilines is 1. The Morgan fingerprint density at radius 2 is 2.00 bits per heavy atom. The van der Waals surface area contributed by atoms with Gasteiger partial charge in [0, 0.05) is 30.4 Å². The highest BCUT2D eigenvalue weighted by molar-refractivity contribution is 7.89. The van der Waals surface area contributed by atoms with E-state index in [0.29, 0.717) is 30.0 Å². The smallest absolute Gasteiger partial charge is 0.255 e. The van der Waals surface area contributed by atoms with Crippen LogP contribution in [0.5, 0.6) is 0 Å². The first-order valence-electron chi connectivity index (χ1n) is 9.71. The van der Waals surface area contributed by atoms with Crippen molar-refractivity contribution in [3.63, 3.8) is 0 Å². The van der Waals surface area contributed by atoms with E-state index in [1.54, 1.807) is 36.4 Å². The molecule has 0 aliphatic carbocycles. The maximum atomic E-state index is 13.2. The second-order valence-electron chi connectivity index (χ2n) is 7.47. The van der Waals surface area contributed by atoms with Crippen molar-refractivity contribution in [2.75, 3.05) is 18.5 Å². The number of rotatable bonds is 6. The van der Waals surface area contributed by atoms with Crippen LogP contribution in [0, 0.1) is 5.92 Å². The first kappa shape index (κ1) is 21.6. The number of amides is 1. The van der Waals surface area contributed by atoms with Gasteiger partial charge in [0.05, 0.1) is 4.90 Å². The Bertz CT molecular complexity index is 980. The monoisotopic (exact) mass is 412 g/mol. The van der Waals surface area contributed by atoms with Crippen LogP contribution in [-0.2, 0) is 10.0 Å². The van der Waals surface area contributed by atoms with Crippen LogP contribution in [0.25, 0.3) is 0 Å². The Balaban J connectivity index is 1.78. The molecule has 1 saturated heterocycles. The summed E-state index contributed by atoms with van der Waals surface area (Å²) >= 11 is 0. The van der Waals surface area contributed by atoms with Crippen molar-refractivity contribution >= 4 is 34.9 Å². The zero-order valence-electron chi connectivity index (χ0n) is 16.4. The van der Waals surface area contributed by atoms with Crippen molar-refractivity contribution in [2.45, 2.75) is 37.1 Å². The maximum absolute atomic E-state index is 13.2. The first-order valence-corrected chi connectivity index (χ1v) is 11.1. The topological polar surface area (TPSA) is 86.7 Å². The van der Waals surface area contributed by atoms with Gasteiger partial charge in [-0.2, -0.15) is 4.31 Å². The molecule has 1 fully saturated rings. The number of piperidine rings is 1. The maximum Gasteiger partial charge on any atom is 0.255 e. The van der Waals surface area contributed by atoms with E-state index in [1.807, 2.05) is 6.92 Å². The lowest BCUT2D eigenvalue weighted by Crippen LogP contribution is -2.44. The van der Waals surface area contributed by atoms with Crippen LogP contribution in [0.1, 0.15) is 36.5 Å². The number of sulfonamides is 1. The van der Waals surface area contributed by atoms with Crippen molar-refractivity contribution in [3.05, 3.63) is 54.1 Å². The van der Waals surface area contributed by atoms with Crippen LogP contribution >= 0.6 is 0 Å². The number of benzene rings is 2. The molecular weight excluding hydrogens is 387 g/mol. The number of aliphatic hydroxyl groups excluding tert-OH is 1. The van der Waals surface area contributed by atoms with Gasteiger partial charge in [-0.05, 0) is 62.4 Å². The lowest BCUT2D eigenvalue weighted by molar-refractivity contribution is 0.102. The first-order chi connectivity index (χ1) is 13.8. The van der Waals surface area contributed by atoms with Gasteiger partial charge in [-0.1, -0.05) is 23.7 Å². The minimum Gasteiger partial charge on any atom is -0.396 e. The summed E-state index contributed by atoms with van der Waals surface area (Å²) in [5.41, 5.74) is 1.33. The zero-order valence-corrected chi connectivity index (χ0v) is 17.2. The summed E-state index contributed by atoms with van der Waals surface area (Å²) in [6.07, 6.45) is 2.13. The van der Waals surface area contributed by atoms with E-state index in [4.69, 9.17) is 13.0 Å². The van der Waals surface area contributed by atoms with Crippen LogP contribution in [0.3, 0.4) is 0 Å². The minimum absolute atomic E-state index is 0.102. The second-order valence-corrected chi connectivity index (χ2v) is 9.37. The average Bonchev–Trinajstić information content (AvgIpc) is 2.68. The van der Waals surface area contributed by atoms with Gasteiger partial charge in [0.1, 0.15) is 7.85 Å². The molecule has 152 valence electrons. The summed E-state index contributed by atoms with van der Waals surface area (Å²) in [5, 5.41) is 11.9. The molecule has 1 aliphatic rings. The number of hydrogen-bond acceptors (Lipinski definition) is 4. The fraction of sp³-hybridized carbons (Fsp3) is 0.381. The molecule has 2 radical (unpaired) electrons. The number of hydrogen-bond donors (Lipinski definition) is 2. The van der Waals surface area contributed by atoms with Crippen LogP contribution in [0.4, 0.5) is 5.69 Å². The van der Waals surface area contributed by atoms with Crippen LogP contribution < -0.4 is 10.8 Å². The van der Waals surface area contributed by atoms with Gasteiger partial charge in [-0.15, -0.1) is 0 Å². The number of aliphatic hydroxyl groups is 1. The standard InChI is InChI=1S/C21H25BN2O4S/c1-15-12-16(9-11-25)8-10-24(15)29(27,28)20-7-2-4-17(13-20)21(26)23-19-6-3-5-18(22)14-19/h2-7,13-16,25H,8-12H2,1H3,(H,23,26). The van der Waals surface area contributed by atoms with E-state index in [1.165, 1.54) is 16.4 Å². The number of nitrogens with zero attached hydrogens (tertiary/aromatic N) is 1. The highest BCUT2D eigenvalue weighted by Crippen LogP contribution is 2.30. The van der Waals surface area contributed by atoms with Crippen LogP contribution in [0.2, 0.25) is 0 Å². The molecular formula is C21H25BN2O4S. The minimum atomic E-state index is -3.71. The third-order valence-corrected chi connectivity index (χ3v) is 7.32. The molecule has 2 aromatic carbocycles. The van der Waals surface area contributed by atoms with E-state index in [0.717, 1.165) is 12.8 Å². The second kappa shape index (κ2) is 9.11. The molecule has 6 nitrogen and oxygen atoms in total. The molecule has 3 rings (SSSR count). The van der Waals surface area contributed by atoms with Gasteiger partial charge in [-0.3, -0.25) is 4.79 Å². The molecule has 0 aromatic heterocycles. The van der Waals surface area contributed by atoms with E-state index in [9.17, 15) is 13.2 Å². The summed E-state index contributed by atoms with van der Waals surface area (Å²) < 4.78 is 27.8. The molecule has 0 spiro atoms. The third-order valence-electron chi connectivity index (χ3n) is 5.31. The fourth-order valence-corrected chi connectivity index (χ4v) is 5.51. The van der Waals surface area contributed by atoms with E-state index < -0.39 is 15.9 Å². The quantitative estimate of drug-likeness (QED) is 0.710. The van der Waals surface area contributed by atoms with Crippen LogP contribution in [-0.4, -0.2) is 50.8 Å². The zero-order chi connectivity index (χ0) is 21.0. The summed E-state index contributed by atoms with van der Waals surface area (Å²) in [6, 6.07) is 12.7. The van der Waals surface area contributed by atoms with E-state index in [2.05, 4.69) is 5.32 Å². The van der Waals surface area contributed by atoms with E-state index in [-0.39, 0.29) is 23.1 Å². The summed E-state index contributed by atoms with van der Waals surface area (Å²) in [5.74, 6) is -0.0702. The highest BCUT2D eigenvalue weighted by atomic mass is 32.2. The van der Waals surface area contributed by atoms with Gasteiger partial charge in [0.25, 0.3) is 5.91 Å². The SMILES string of the molecule is [B]c1cccc(NC(=O)c2cccc(S(=O)(=O)N3CCC(CCO)CC3C)c2)c1.